The van der Waals surface area contributed by atoms with E-state index < -0.39 is 11.9 Å². The number of nitrogens with zero attached hydrogens (tertiary/aromatic N) is 4. The number of ether oxygens (including phenoxy) is 2. The number of hydrogen-bond acceptors (Lipinski definition) is 12. The average molecular weight is 687 g/mol. The van der Waals surface area contributed by atoms with E-state index in [9.17, 15) is 19.2 Å². The molecule has 2 amide bonds. The van der Waals surface area contributed by atoms with Crippen molar-refractivity contribution >= 4 is 66.9 Å². The third-order valence-corrected chi connectivity index (χ3v) is 11.4. The lowest BCUT2D eigenvalue weighted by Crippen LogP contribution is -2.47. The maximum Gasteiger partial charge on any atom is 0.338 e. The fourth-order valence-corrected chi connectivity index (χ4v) is 9.14. The zero-order valence-electron chi connectivity index (χ0n) is 26.1. The van der Waals surface area contributed by atoms with Crippen LogP contribution in [0.4, 0.5) is 0 Å². The Morgan fingerprint density at radius 3 is 1.58 bits per heavy atom. The largest absolute Gasteiger partial charge is 0.395 e. The number of amides is 2. The molecule has 2 unspecified atom stereocenters. The first-order chi connectivity index (χ1) is 23.3. The van der Waals surface area contributed by atoms with E-state index >= 15 is 0 Å². The van der Waals surface area contributed by atoms with Crippen LogP contribution in [0, 0.1) is 11.8 Å². The van der Waals surface area contributed by atoms with E-state index in [0.29, 0.717) is 43.4 Å². The molecule has 4 aromatic rings. The number of thiazole rings is 2. The molecule has 4 saturated heterocycles. The molecule has 0 aliphatic carbocycles. The van der Waals surface area contributed by atoms with E-state index in [-0.39, 0.29) is 34.3 Å². The van der Waals surface area contributed by atoms with Crippen LogP contribution in [0.5, 0.6) is 10.4 Å². The van der Waals surface area contributed by atoms with Crippen LogP contribution >= 0.6 is 22.7 Å². The molecule has 0 spiro atoms. The second-order valence-corrected chi connectivity index (χ2v) is 15.1. The Hall–Kier alpha value is -4.24. The molecule has 2 N–H and O–H groups in total. The van der Waals surface area contributed by atoms with Crippen LogP contribution < -0.4 is 20.1 Å². The predicted octanol–water partition coefficient (Wildman–Crippen LogP) is 3.62. The molecule has 48 heavy (non-hydrogen) atoms. The molecule has 4 aliphatic heterocycles. The fourth-order valence-electron chi connectivity index (χ4n) is 7.42. The highest BCUT2D eigenvalue weighted by Crippen LogP contribution is 2.32. The average Bonchev–Trinajstić information content (AvgIpc) is 3.83. The maximum atomic E-state index is 12.9. The third-order valence-electron chi connectivity index (χ3n) is 9.60. The van der Waals surface area contributed by atoms with Gasteiger partial charge in [0.1, 0.15) is 0 Å². The number of carbonyl (C=O) groups excluding carboxylic acids is 4. The minimum Gasteiger partial charge on any atom is -0.395 e. The molecule has 4 aliphatic rings. The Bertz CT molecular complexity index is 1790. The van der Waals surface area contributed by atoms with Gasteiger partial charge in [0.25, 0.3) is 22.2 Å². The van der Waals surface area contributed by atoms with Gasteiger partial charge in [-0.2, -0.15) is 0 Å². The van der Waals surface area contributed by atoms with Crippen molar-refractivity contribution in [2.24, 2.45) is 11.8 Å². The number of rotatable bonds is 8. The van der Waals surface area contributed by atoms with E-state index in [4.69, 9.17) is 9.47 Å². The minimum absolute atomic E-state index is 0.0987. The zero-order chi connectivity index (χ0) is 32.8. The fraction of sp³-hybridized carbons (Fsp3) is 0.412. The Balaban J connectivity index is 0.840. The molecular weight excluding hydrogens is 653 g/mol. The van der Waals surface area contributed by atoms with Gasteiger partial charge in [0, 0.05) is 61.5 Å². The lowest BCUT2D eigenvalue weighted by Gasteiger charge is -2.30. The van der Waals surface area contributed by atoms with E-state index in [1.165, 1.54) is 12.8 Å². The number of nitrogens with one attached hydrogen (secondary N) is 2. The van der Waals surface area contributed by atoms with Crippen molar-refractivity contribution in [2.45, 2.75) is 37.8 Å². The van der Waals surface area contributed by atoms with Crippen molar-refractivity contribution in [3.8, 4) is 10.4 Å². The van der Waals surface area contributed by atoms with Crippen molar-refractivity contribution in [1.82, 2.24) is 30.4 Å². The summed E-state index contributed by atoms with van der Waals surface area (Å²) in [6, 6.07) is 10.7. The molecule has 248 valence electrons. The molecule has 4 bridgehead atoms. The normalized spacial score (nSPS) is 26.2. The molecule has 0 saturated carbocycles. The van der Waals surface area contributed by atoms with Crippen LogP contribution in [0.25, 0.3) is 20.4 Å². The molecule has 14 heteroatoms. The van der Waals surface area contributed by atoms with Crippen LogP contribution in [0.1, 0.15) is 46.4 Å². The molecule has 4 fully saturated rings. The molecular formula is C34H34N6O6S2. The van der Waals surface area contributed by atoms with Gasteiger partial charge in [-0.25, -0.2) is 19.6 Å². The molecule has 6 atom stereocenters. The van der Waals surface area contributed by atoms with E-state index in [0.717, 1.165) is 86.9 Å². The summed E-state index contributed by atoms with van der Waals surface area (Å²) in [6.07, 6.45) is 6.34. The Morgan fingerprint density at radius 1 is 0.688 bits per heavy atom. The van der Waals surface area contributed by atoms with Crippen molar-refractivity contribution in [3.63, 3.8) is 0 Å². The highest BCUT2D eigenvalue weighted by atomic mass is 32.1. The number of fused-ring (bicyclic) bond motifs is 6. The lowest BCUT2D eigenvalue weighted by molar-refractivity contribution is -0.131. The lowest BCUT2D eigenvalue weighted by atomic mass is 9.96. The van der Waals surface area contributed by atoms with Crippen molar-refractivity contribution in [2.75, 3.05) is 39.3 Å². The Morgan fingerprint density at radius 2 is 1.15 bits per heavy atom. The predicted molar refractivity (Wildman–Crippen MR) is 180 cm³/mol. The molecule has 12 nitrogen and oxygen atoms in total. The first kappa shape index (κ1) is 31.1. The third kappa shape index (κ3) is 6.83. The summed E-state index contributed by atoms with van der Waals surface area (Å²) in [4.78, 5) is 64.2. The second kappa shape index (κ2) is 13.0. The van der Waals surface area contributed by atoms with Crippen LogP contribution in [0.2, 0.25) is 0 Å². The summed E-state index contributed by atoms with van der Waals surface area (Å²) < 4.78 is 12.1. The van der Waals surface area contributed by atoms with Crippen LogP contribution in [0.15, 0.2) is 48.6 Å². The monoisotopic (exact) mass is 686 g/mol. The van der Waals surface area contributed by atoms with Gasteiger partial charge in [0.2, 0.25) is 0 Å². The second-order valence-electron chi connectivity index (χ2n) is 13.1. The zero-order valence-corrected chi connectivity index (χ0v) is 27.7. The minimum atomic E-state index is -0.798. The summed E-state index contributed by atoms with van der Waals surface area (Å²) in [5.74, 6) is -0.542. The first-order valence-corrected chi connectivity index (χ1v) is 17.9. The molecule has 2 aromatic heterocycles. The van der Waals surface area contributed by atoms with Gasteiger partial charge in [-0.3, -0.25) is 9.59 Å². The summed E-state index contributed by atoms with van der Waals surface area (Å²) in [5.41, 5.74) is 2.25. The van der Waals surface area contributed by atoms with Gasteiger partial charge in [0.05, 0.1) is 20.4 Å². The molecule has 6 heterocycles. The highest BCUT2D eigenvalue weighted by molar-refractivity contribution is 7.20. The van der Waals surface area contributed by atoms with Gasteiger partial charge in [-0.1, -0.05) is 22.7 Å². The molecule has 8 rings (SSSR count). The summed E-state index contributed by atoms with van der Waals surface area (Å²) in [6.45, 7) is 6.23. The quantitative estimate of drug-likeness (QED) is 0.209. The van der Waals surface area contributed by atoms with Crippen LogP contribution in [-0.2, 0) is 9.59 Å². The van der Waals surface area contributed by atoms with Crippen LogP contribution in [-0.4, -0.2) is 94.9 Å². The molecule has 2 aromatic carbocycles. The van der Waals surface area contributed by atoms with E-state index in [1.54, 1.807) is 36.4 Å². The van der Waals surface area contributed by atoms with Gasteiger partial charge < -0.3 is 29.9 Å². The number of carbonyl (C=O) groups is 4. The highest BCUT2D eigenvalue weighted by Gasteiger charge is 2.34. The van der Waals surface area contributed by atoms with Gasteiger partial charge in [0.15, 0.2) is 0 Å². The Labute approximate surface area is 284 Å². The summed E-state index contributed by atoms with van der Waals surface area (Å²) in [7, 11) is 0. The van der Waals surface area contributed by atoms with Crippen molar-refractivity contribution in [3.05, 3.63) is 59.7 Å². The van der Waals surface area contributed by atoms with E-state index in [1.807, 2.05) is 0 Å². The molecule has 0 radical (unpaired) electrons. The van der Waals surface area contributed by atoms with Gasteiger partial charge >= 0.3 is 11.9 Å². The number of piperidine rings is 2. The van der Waals surface area contributed by atoms with E-state index in [2.05, 4.69) is 30.4 Å². The summed E-state index contributed by atoms with van der Waals surface area (Å²) in [5, 5.41) is 6.52. The first-order valence-electron chi connectivity index (χ1n) is 16.3. The number of hydrogen-bond donors (Lipinski definition) is 2. The topological polar surface area (TPSA) is 143 Å². The number of aromatic nitrogens is 2. The standard InChI is InChI=1S/C34H34N6O6S2/c41-29(45-33-37-25-3-1-21(13-27(25)47-33)31(43)35-23-11-19-7-9-39(15-19)17-23)5-6-30(42)46-34-38-26-4-2-22(14-28(26)48-34)32(44)36-24-12-20-8-10-40(16-20)18-24/h1-6,13-14,19-20,23-24H,7-12,15-18H2,(H,35,43)(H,36,44)/b6-5+/t19-,20-,23+,24+/m0/s1. The Kier molecular flexibility index (Phi) is 8.41. The number of esters is 2. The number of benzene rings is 2. The summed E-state index contributed by atoms with van der Waals surface area (Å²) >= 11 is 2.27. The van der Waals surface area contributed by atoms with Crippen molar-refractivity contribution in [1.29, 1.82) is 0 Å². The van der Waals surface area contributed by atoms with Crippen LogP contribution in [0.3, 0.4) is 0 Å². The van der Waals surface area contributed by atoms with Crippen molar-refractivity contribution < 1.29 is 28.7 Å². The SMILES string of the molecule is O=C(/C=C/C(=O)Oc1nc2ccc(C(=O)N[C@@H]3C[C@@H]4CCN(C4)C3)cc2s1)Oc1nc2ccc(C(=O)N[C@@H]3C[C@@H]4CCN(C4)C3)cc2s1. The van der Waals surface area contributed by atoms with Gasteiger partial charge in [-0.15, -0.1) is 0 Å². The van der Waals surface area contributed by atoms with Gasteiger partial charge in [-0.05, 0) is 87.0 Å². The maximum absolute atomic E-state index is 12.9. The smallest absolute Gasteiger partial charge is 0.338 e.